The first-order valence-electron chi connectivity index (χ1n) is 4.05. The Kier molecular flexibility index (Phi) is 8.13. The fraction of sp³-hybridized carbons (Fsp3) is 1.00. The van der Waals surface area contributed by atoms with Gasteiger partial charge >= 0.3 is 0 Å². The van der Waals surface area contributed by atoms with Crippen LogP contribution in [-0.2, 0) is 9.47 Å². The van der Waals surface area contributed by atoms with Crippen LogP contribution in [0, 0.1) is 0 Å². The van der Waals surface area contributed by atoms with E-state index in [1.807, 2.05) is 20.8 Å². The topological polar surface area (TPSA) is 18.5 Å². The third-order valence-corrected chi connectivity index (χ3v) is 1.54. The molecule has 1 heterocycles. The van der Waals surface area contributed by atoms with Gasteiger partial charge in [-0.05, 0) is 13.3 Å². The Morgan fingerprint density at radius 2 is 1.55 bits per heavy atom. The van der Waals surface area contributed by atoms with Gasteiger partial charge in [-0.2, -0.15) is 0 Å². The first-order chi connectivity index (χ1) is 4.77. The summed E-state index contributed by atoms with van der Waals surface area (Å²) < 4.78 is 10.5. The molecule has 0 saturated carbocycles. The lowest BCUT2D eigenvalue weighted by molar-refractivity contribution is -0.143. The fourth-order valence-electron chi connectivity index (χ4n) is 0.761. The van der Waals surface area contributed by atoms with Crippen molar-refractivity contribution in [1.29, 1.82) is 0 Å². The van der Waals surface area contributed by atoms with E-state index in [1.54, 1.807) is 0 Å². The zero-order valence-corrected chi connectivity index (χ0v) is 7.44. The minimum Gasteiger partial charge on any atom is -0.348 e. The van der Waals surface area contributed by atoms with Crippen LogP contribution < -0.4 is 0 Å². The average molecular weight is 162 g/mol. The smallest absolute Gasteiger partial charge is 0.165 e. The molecule has 1 rings (SSSR count). The Morgan fingerprint density at radius 1 is 1.18 bits per heavy atom. The van der Waals surface area contributed by atoms with E-state index in [1.165, 1.54) is 0 Å². The molecule has 0 unspecified atom stereocenters. The van der Waals surface area contributed by atoms with Gasteiger partial charge in [0.2, 0.25) is 0 Å². The van der Waals surface area contributed by atoms with Gasteiger partial charge in [-0.3, -0.25) is 0 Å². The van der Waals surface area contributed by atoms with Crippen LogP contribution in [0.3, 0.4) is 0 Å². The Labute approximate surface area is 70.9 Å². The van der Waals surface area contributed by atoms with Crippen molar-refractivity contribution < 1.29 is 9.47 Å². The Morgan fingerprint density at radius 3 is 1.73 bits per heavy atom. The largest absolute Gasteiger partial charge is 0.348 e. The van der Waals surface area contributed by atoms with Crippen LogP contribution in [0.4, 0.5) is 0 Å². The third-order valence-electron chi connectivity index (χ3n) is 1.54. The second-order valence-electron chi connectivity index (χ2n) is 2.18. The maximum absolute atomic E-state index is 5.27. The van der Waals surface area contributed by atoms with Crippen molar-refractivity contribution in [2.24, 2.45) is 0 Å². The van der Waals surface area contributed by atoms with E-state index in [4.69, 9.17) is 9.47 Å². The zero-order valence-electron chi connectivity index (χ0n) is 7.44. The zero-order chi connectivity index (χ0) is 8.04. The van der Waals surface area contributed by atoms with Gasteiger partial charge in [0.15, 0.2) is 5.79 Å². The van der Waals surface area contributed by atoms with Crippen molar-refractivity contribution in [3.8, 4) is 0 Å². The summed E-state index contributed by atoms with van der Waals surface area (Å²) in [6.07, 6.45) is 0.938. The van der Waals surface area contributed by atoms with Crippen molar-refractivity contribution in [3.05, 3.63) is 0 Å². The van der Waals surface area contributed by atoms with Crippen LogP contribution in [0.15, 0.2) is 0 Å². The highest BCUT2D eigenvalue weighted by Crippen LogP contribution is 2.21. The van der Waals surface area contributed by atoms with Crippen LogP contribution in [0.25, 0.3) is 0 Å². The van der Waals surface area contributed by atoms with E-state index in [2.05, 4.69) is 6.92 Å². The van der Waals surface area contributed by atoms with Crippen LogP contribution in [0.5, 0.6) is 0 Å². The summed E-state index contributed by atoms with van der Waals surface area (Å²) in [5, 5.41) is 0. The Balaban J connectivity index is 0. The van der Waals surface area contributed by atoms with Crippen LogP contribution >= 0.6 is 0 Å². The average Bonchev–Trinajstić information content (AvgIpc) is 2.42. The highest BCUT2D eigenvalue weighted by Gasteiger charge is 2.27. The molecule has 0 bridgehead atoms. The second-order valence-corrected chi connectivity index (χ2v) is 2.18. The quantitative estimate of drug-likeness (QED) is 0.590. The number of ether oxygens (including phenoxy) is 2. The first kappa shape index (κ1) is 13.5. The van der Waals surface area contributed by atoms with Gasteiger partial charge in [-0.25, -0.2) is 0 Å². The Hall–Kier alpha value is -0.0800. The van der Waals surface area contributed by atoms with E-state index in [0.29, 0.717) is 0 Å². The van der Waals surface area contributed by atoms with Gasteiger partial charge in [-0.1, -0.05) is 28.2 Å². The normalized spacial score (nSPS) is 19.6. The molecule has 1 saturated heterocycles. The van der Waals surface area contributed by atoms with Crippen LogP contribution in [0.1, 0.15) is 41.5 Å². The Bertz CT molecular complexity index is 75.6. The number of hydrogen-bond acceptors (Lipinski definition) is 2. The second kappa shape index (κ2) is 6.62. The predicted octanol–water partition coefficient (Wildman–Crippen LogP) is 2.82. The predicted molar refractivity (Wildman–Crippen MR) is 48.7 cm³/mol. The summed E-state index contributed by atoms with van der Waals surface area (Å²) in [7, 11) is 0. The lowest BCUT2D eigenvalue weighted by Gasteiger charge is -2.18. The first-order valence-corrected chi connectivity index (χ1v) is 4.05. The van der Waals surface area contributed by atoms with Gasteiger partial charge in [0, 0.05) is 0 Å². The van der Waals surface area contributed by atoms with Crippen molar-refractivity contribution in [1.82, 2.24) is 0 Å². The lowest BCUT2D eigenvalue weighted by atomic mass is 10.2. The minimum atomic E-state index is -0.264. The summed E-state index contributed by atoms with van der Waals surface area (Å²) in [5.74, 6) is -0.264. The molecule has 0 atom stereocenters. The van der Waals surface area contributed by atoms with Gasteiger partial charge in [0.05, 0.1) is 13.2 Å². The monoisotopic (exact) mass is 162 g/mol. The molecule has 0 radical (unpaired) electrons. The van der Waals surface area contributed by atoms with E-state index in [0.717, 1.165) is 19.6 Å². The van der Waals surface area contributed by atoms with Gasteiger partial charge in [-0.15, -0.1) is 0 Å². The molecule has 0 aromatic heterocycles. The number of hydrogen-bond donors (Lipinski definition) is 0. The number of rotatable bonds is 1. The van der Waals surface area contributed by atoms with E-state index in [-0.39, 0.29) is 13.2 Å². The standard InChI is InChI=1S/C6H12O2.C2H6.CH4/c1-3-6(2)7-4-5-8-6;1-2;/h3-5H2,1-2H3;1-2H3;1H4. The van der Waals surface area contributed by atoms with Crippen LogP contribution in [0.2, 0.25) is 0 Å². The summed E-state index contributed by atoms with van der Waals surface area (Å²) in [5.41, 5.74) is 0. The summed E-state index contributed by atoms with van der Waals surface area (Å²) in [4.78, 5) is 0. The molecule has 70 valence electrons. The van der Waals surface area contributed by atoms with Gasteiger partial charge < -0.3 is 9.47 Å². The molecular formula is C9H22O2. The van der Waals surface area contributed by atoms with Gasteiger partial charge in [0.1, 0.15) is 0 Å². The van der Waals surface area contributed by atoms with Gasteiger partial charge in [0.25, 0.3) is 0 Å². The lowest BCUT2D eigenvalue weighted by Crippen LogP contribution is -2.23. The SMILES string of the molecule is C.CC.CCC1(C)OCCO1. The molecule has 0 aromatic rings. The molecular weight excluding hydrogens is 140 g/mol. The molecule has 0 amide bonds. The van der Waals surface area contributed by atoms with Crippen molar-refractivity contribution >= 4 is 0 Å². The molecule has 0 N–H and O–H groups in total. The highest BCUT2D eigenvalue weighted by atomic mass is 16.7. The van der Waals surface area contributed by atoms with E-state index < -0.39 is 0 Å². The van der Waals surface area contributed by atoms with Crippen molar-refractivity contribution in [2.45, 2.75) is 47.3 Å². The summed E-state index contributed by atoms with van der Waals surface area (Å²) in [6.45, 7) is 9.54. The fourth-order valence-corrected chi connectivity index (χ4v) is 0.761. The van der Waals surface area contributed by atoms with E-state index in [9.17, 15) is 0 Å². The third kappa shape index (κ3) is 4.38. The van der Waals surface area contributed by atoms with Crippen LogP contribution in [-0.4, -0.2) is 19.0 Å². The molecule has 11 heavy (non-hydrogen) atoms. The maximum Gasteiger partial charge on any atom is 0.165 e. The van der Waals surface area contributed by atoms with Crippen molar-refractivity contribution in [2.75, 3.05) is 13.2 Å². The molecule has 2 heteroatoms. The summed E-state index contributed by atoms with van der Waals surface area (Å²) >= 11 is 0. The molecule has 1 aliphatic rings. The molecule has 0 spiro atoms. The van der Waals surface area contributed by atoms with Crippen molar-refractivity contribution in [3.63, 3.8) is 0 Å². The molecule has 0 aliphatic carbocycles. The highest BCUT2D eigenvalue weighted by molar-refractivity contribution is 4.64. The maximum atomic E-state index is 5.27. The summed E-state index contributed by atoms with van der Waals surface area (Å²) in [6, 6.07) is 0. The minimum absolute atomic E-state index is 0. The molecule has 2 nitrogen and oxygen atoms in total. The van der Waals surface area contributed by atoms with E-state index >= 15 is 0 Å². The molecule has 1 aliphatic heterocycles. The molecule has 0 aromatic carbocycles. The molecule has 1 fully saturated rings.